The van der Waals surface area contributed by atoms with Crippen LogP contribution in [0.1, 0.15) is 42.7 Å². The Morgan fingerprint density at radius 3 is 2.84 bits per heavy atom. The summed E-state index contributed by atoms with van der Waals surface area (Å²) in [5.74, 6) is 0.956. The summed E-state index contributed by atoms with van der Waals surface area (Å²) < 4.78 is 23.6. The van der Waals surface area contributed by atoms with Gasteiger partial charge in [-0.1, -0.05) is 17.7 Å². The van der Waals surface area contributed by atoms with Crippen LogP contribution < -0.4 is 20.1 Å². The third kappa shape index (κ3) is 4.70. The monoisotopic (exact) mass is 538 g/mol. The van der Waals surface area contributed by atoms with Crippen molar-refractivity contribution in [1.29, 1.82) is 0 Å². The number of carbonyl (C=O) groups is 1. The van der Waals surface area contributed by atoms with Crippen LogP contribution in [0.3, 0.4) is 0 Å². The topological polar surface area (TPSA) is 107 Å². The molecule has 1 spiro atoms. The van der Waals surface area contributed by atoms with E-state index in [2.05, 4.69) is 20.6 Å². The average molecular weight is 539 g/mol. The van der Waals surface area contributed by atoms with Gasteiger partial charge >= 0.3 is 0 Å². The van der Waals surface area contributed by atoms with E-state index in [4.69, 9.17) is 30.5 Å². The highest BCUT2D eigenvalue weighted by Crippen LogP contribution is 2.48. The third-order valence-electron chi connectivity index (χ3n) is 7.29. The van der Waals surface area contributed by atoms with Crippen molar-refractivity contribution in [2.75, 3.05) is 32.2 Å². The average Bonchev–Trinajstić information content (AvgIpc) is 3.53. The smallest absolute Gasteiger partial charge is 0.255 e. The fourth-order valence-corrected chi connectivity index (χ4v) is 5.31. The third-order valence-corrected chi connectivity index (χ3v) is 7.59. The van der Waals surface area contributed by atoms with Crippen LogP contribution >= 0.6 is 11.6 Å². The van der Waals surface area contributed by atoms with E-state index < -0.39 is 0 Å². The van der Waals surface area contributed by atoms with Gasteiger partial charge in [-0.3, -0.25) is 9.78 Å². The number of benzene rings is 1. The number of anilines is 2. The van der Waals surface area contributed by atoms with Crippen molar-refractivity contribution in [3.8, 4) is 22.8 Å². The molecule has 9 nitrogen and oxygen atoms in total. The minimum absolute atomic E-state index is 0.110. The van der Waals surface area contributed by atoms with Crippen LogP contribution in [-0.4, -0.2) is 60.0 Å². The molecule has 2 aromatic heterocycles. The van der Waals surface area contributed by atoms with Crippen molar-refractivity contribution in [2.24, 2.45) is 0 Å². The molecule has 10 heteroatoms. The van der Waals surface area contributed by atoms with Gasteiger partial charge in [-0.05, 0) is 44.9 Å². The highest BCUT2D eigenvalue weighted by molar-refractivity contribution is 6.32. The van der Waals surface area contributed by atoms with Gasteiger partial charge in [0, 0.05) is 29.4 Å². The Hall–Kier alpha value is -3.27. The zero-order valence-corrected chi connectivity index (χ0v) is 22.4. The highest BCUT2D eigenvalue weighted by atomic mass is 35.5. The Balaban J connectivity index is 1.37. The van der Waals surface area contributed by atoms with E-state index in [1.807, 2.05) is 32.0 Å². The molecule has 2 aliphatic heterocycles. The van der Waals surface area contributed by atoms with Crippen LogP contribution in [0.4, 0.5) is 11.4 Å². The van der Waals surface area contributed by atoms with E-state index in [9.17, 15) is 4.79 Å². The van der Waals surface area contributed by atoms with E-state index in [1.165, 1.54) is 0 Å². The molecule has 1 saturated carbocycles. The Bertz CT molecular complexity index is 1370. The van der Waals surface area contributed by atoms with E-state index in [1.54, 1.807) is 25.6 Å². The van der Waals surface area contributed by atoms with Crippen LogP contribution in [-0.2, 0) is 15.9 Å². The molecule has 3 aromatic rings. The van der Waals surface area contributed by atoms with E-state index in [0.29, 0.717) is 53.3 Å². The normalized spacial score (nSPS) is 20.9. The molecule has 4 heterocycles. The number of methoxy groups -OCH3 is 1. The van der Waals surface area contributed by atoms with Crippen LogP contribution in [0.25, 0.3) is 11.3 Å². The second kappa shape index (κ2) is 9.48. The van der Waals surface area contributed by atoms with Crippen LogP contribution in [0, 0.1) is 0 Å². The van der Waals surface area contributed by atoms with Crippen LogP contribution in [0.5, 0.6) is 11.5 Å². The number of aromatic nitrogens is 2. The fraction of sp³-hybridized carbons (Fsp3) is 0.429. The first kappa shape index (κ1) is 25.0. The molecule has 1 aromatic carbocycles. The molecule has 3 aliphatic rings. The summed E-state index contributed by atoms with van der Waals surface area (Å²) in [4.78, 5) is 21.2. The summed E-state index contributed by atoms with van der Waals surface area (Å²) in [6.07, 6.45) is 5.87. The van der Waals surface area contributed by atoms with Crippen molar-refractivity contribution in [3.63, 3.8) is 0 Å². The molecule has 0 bridgehead atoms. The van der Waals surface area contributed by atoms with Crippen molar-refractivity contribution in [2.45, 2.75) is 50.4 Å². The van der Waals surface area contributed by atoms with Crippen molar-refractivity contribution >= 4 is 28.9 Å². The molecule has 0 radical (unpaired) electrons. The first-order chi connectivity index (χ1) is 18.3. The molecule has 3 N–H and O–H groups in total. The number of amides is 1. The van der Waals surface area contributed by atoms with Gasteiger partial charge in [0.1, 0.15) is 18.5 Å². The lowest BCUT2D eigenvalue weighted by Gasteiger charge is -2.34. The number of pyridine rings is 1. The lowest BCUT2D eigenvalue weighted by Crippen LogP contribution is -2.44. The number of halogens is 1. The number of H-pyrrole nitrogens is 1. The molecule has 1 atom stereocenters. The van der Waals surface area contributed by atoms with Gasteiger partial charge < -0.3 is 34.6 Å². The molecule has 6 rings (SSSR count). The van der Waals surface area contributed by atoms with E-state index in [-0.39, 0.29) is 23.2 Å². The Morgan fingerprint density at radius 2 is 2.11 bits per heavy atom. The first-order valence-electron chi connectivity index (χ1n) is 12.8. The van der Waals surface area contributed by atoms with Crippen molar-refractivity contribution < 1.29 is 23.7 Å². The predicted molar refractivity (Wildman–Crippen MR) is 144 cm³/mol. The highest BCUT2D eigenvalue weighted by Gasteiger charge is 2.49. The lowest BCUT2D eigenvalue weighted by molar-refractivity contribution is -0.181. The van der Waals surface area contributed by atoms with Crippen molar-refractivity contribution in [3.05, 3.63) is 52.9 Å². The minimum Gasteiger partial charge on any atom is -0.493 e. The number of carbonyl (C=O) groups excluding carboxylic acids is 1. The summed E-state index contributed by atoms with van der Waals surface area (Å²) in [6.45, 7) is 5.26. The molecule has 200 valence electrons. The number of ether oxygens (including phenoxy) is 4. The Morgan fingerprint density at radius 1 is 1.26 bits per heavy atom. The van der Waals surface area contributed by atoms with Crippen molar-refractivity contribution in [1.82, 2.24) is 15.3 Å². The number of fused-ring (bicyclic) bond motifs is 1. The molecule has 1 amide bonds. The zero-order valence-electron chi connectivity index (χ0n) is 21.7. The maximum Gasteiger partial charge on any atom is 0.255 e. The van der Waals surface area contributed by atoms with Gasteiger partial charge in [0.05, 0.1) is 59.8 Å². The minimum atomic E-state index is -0.305. The SMILES string of the molecule is COc1c(Cl)cccc1Nc1c(-c2ccncc2OCC2COC(C)(C)CO2)[nH]c2c1C(=O)NC1(CC1)C2. The number of nitrogens with one attached hydrogen (secondary N) is 3. The van der Waals surface area contributed by atoms with E-state index in [0.717, 1.165) is 36.2 Å². The Kier molecular flexibility index (Phi) is 6.25. The fourth-order valence-electron chi connectivity index (χ4n) is 5.06. The van der Waals surface area contributed by atoms with Crippen LogP contribution in [0.2, 0.25) is 5.02 Å². The molecule has 2 fully saturated rings. The first-order valence-corrected chi connectivity index (χ1v) is 13.1. The summed E-state index contributed by atoms with van der Waals surface area (Å²) in [5, 5.41) is 7.12. The zero-order chi connectivity index (χ0) is 26.5. The van der Waals surface area contributed by atoms with Gasteiger partial charge in [0.25, 0.3) is 5.91 Å². The van der Waals surface area contributed by atoms with Crippen LogP contribution in [0.15, 0.2) is 36.7 Å². The van der Waals surface area contributed by atoms with Gasteiger partial charge in [0.15, 0.2) is 5.75 Å². The number of nitrogens with zero attached hydrogens (tertiary/aromatic N) is 1. The summed E-state index contributed by atoms with van der Waals surface area (Å²) >= 11 is 6.40. The largest absolute Gasteiger partial charge is 0.493 e. The standard InChI is InChI=1S/C28H31ClN4O5/c1-27(2)15-37-16(14-38-27)13-36-21-12-30-10-7-17(21)23-24(31-19-6-4-5-18(29)25(19)35-3)22-20(32-23)11-28(8-9-28)33-26(22)34/h4-7,10,12,16,31-32H,8-9,11,13-15H2,1-3H3,(H,33,34). The van der Waals surface area contributed by atoms with Gasteiger partial charge in [-0.2, -0.15) is 0 Å². The summed E-state index contributed by atoms with van der Waals surface area (Å²) in [6, 6.07) is 7.33. The molecule has 1 unspecified atom stereocenters. The van der Waals surface area contributed by atoms with Gasteiger partial charge in [-0.25, -0.2) is 0 Å². The quantitative estimate of drug-likeness (QED) is 0.394. The number of rotatable bonds is 7. The molecular weight excluding hydrogens is 508 g/mol. The molecule has 1 saturated heterocycles. The van der Waals surface area contributed by atoms with Gasteiger partial charge in [0.2, 0.25) is 0 Å². The molecule has 1 aliphatic carbocycles. The number of hydrogen-bond donors (Lipinski definition) is 3. The molecular formula is C28H31ClN4O5. The summed E-state index contributed by atoms with van der Waals surface area (Å²) in [5.41, 5.74) is 3.78. The predicted octanol–water partition coefficient (Wildman–Crippen LogP) is 4.87. The maximum absolute atomic E-state index is 13.4. The second-order valence-corrected chi connectivity index (χ2v) is 11.2. The van der Waals surface area contributed by atoms with E-state index >= 15 is 0 Å². The Labute approximate surface area is 226 Å². The number of para-hydroxylation sites is 1. The number of hydrogen-bond acceptors (Lipinski definition) is 7. The lowest BCUT2D eigenvalue weighted by atomic mass is 9.98. The summed E-state index contributed by atoms with van der Waals surface area (Å²) in [7, 11) is 1.57. The second-order valence-electron chi connectivity index (χ2n) is 10.8. The maximum atomic E-state index is 13.4. The molecule has 38 heavy (non-hydrogen) atoms. The number of aromatic amines is 1. The van der Waals surface area contributed by atoms with Gasteiger partial charge in [-0.15, -0.1) is 0 Å².